The zero-order chi connectivity index (χ0) is 26.1. The van der Waals surface area contributed by atoms with Gasteiger partial charge in [0.05, 0.1) is 27.5 Å². The minimum Gasteiger partial charge on any atom is -0.495 e. The Morgan fingerprint density at radius 1 is 0.917 bits per heavy atom. The van der Waals surface area contributed by atoms with Crippen LogP contribution in [0.1, 0.15) is 19.8 Å². The smallest absolute Gasteiger partial charge is 0.270 e. The molecule has 36 heavy (non-hydrogen) atoms. The van der Waals surface area contributed by atoms with Gasteiger partial charge in [0.15, 0.2) is 0 Å². The summed E-state index contributed by atoms with van der Waals surface area (Å²) in [5.74, 6) is 0.795. The molecule has 0 radical (unpaired) electrons. The first-order valence-electron chi connectivity index (χ1n) is 11.7. The molecule has 0 amide bonds. The van der Waals surface area contributed by atoms with Crippen LogP contribution in [0.5, 0.6) is 5.75 Å². The predicted octanol–water partition coefficient (Wildman–Crippen LogP) is 2.53. The molecule has 4 rings (SSSR count). The average molecular weight is 539 g/mol. The Morgan fingerprint density at radius 3 is 2.22 bits per heavy atom. The number of ether oxygens (including phenoxy) is 1. The maximum Gasteiger partial charge on any atom is 0.270 e. The predicted molar refractivity (Wildman–Crippen MR) is 134 cm³/mol. The molecule has 2 aromatic rings. The quantitative estimate of drug-likeness (QED) is 0.388. The van der Waals surface area contributed by atoms with Crippen molar-refractivity contribution < 1.29 is 26.5 Å². The standard InChI is InChI=1S/C23H30N4O7S2/c1-18-5-4-10-26(17-18)36(32,33)21-8-9-23(34-2)22(16-21)24-11-13-25(14-12-24)35(30,31)20-7-3-6-19(15-20)27(28)29/h3,6-9,15-16,18H,4-5,10-14,17H2,1-2H3/t18-/m0/s1. The molecule has 0 N–H and O–H groups in total. The zero-order valence-electron chi connectivity index (χ0n) is 20.2. The van der Waals surface area contributed by atoms with Gasteiger partial charge in [-0.25, -0.2) is 16.8 Å². The lowest BCUT2D eigenvalue weighted by atomic mass is 10.0. The third-order valence-corrected chi connectivity index (χ3v) is 10.4. The maximum absolute atomic E-state index is 13.3. The first kappa shape index (κ1) is 26.3. The third-order valence-electron chi connectivity index (χ3n) is 6.65. The van der Waals surface area contributed by atoms with Gasteiger partial charge in [0.1, 0.15) is 5.75 Å². The van der Waals surface area contributed by atoms with Gasteiger partial charge in [-0.1, -0.05) is 13.0 Å². The van der Waals surface area contributed by atoms with Crippen LogP contribution in [-0.2, 0) is 20.0 Å². The highest BCUT2D eigenvalue weighted by atomic mass is 32.2. The van der Waals surface area contributed by atoms with Gasteiger partial charge in [0.25, 0.3) is 5.69 Å². The van der Waals surface area contributed by atoms with E-state index >= 15 is 0 Å². The largest absolute Gasteiger partial charge is 0.495 e. The fourth-order valence-corrected chi connectivity index (χ4v) is 7.75. The van der Waals surface area contributed by atoms with Crippen molar-refractivity contribution in [2.75, 3.05) is 51.3 Å². The van der Waals surface area contributed by atoms with Crippen LogP contribution in [0.25, 0.3) is 0 Å². The lowest BCUT2D eigenvalue weighted by Gasteiger charge is -2.36. The molecule has 0 unspecified atom stereocenters. The van der Waals surface area contributed by atoms with E-state index in [1.165, 1.54) is 33.9 Å². The van der Waals surface area contributed by atoms with Crippen LogP contribution in [0.3, 0.4) is 0 Å². The van der Waals surface area contributed by atoms with Gasteiger partial charge in [-0.3, -0.25) is 10.1 Å². The molecule has 2 heterocycles. The molecule has 2 saturated heterocycles. The SMILES string of the molecule is COc1ccc(S(=O)(=O)N2CCC[C@H](C)C2)cc1N1CCN(S(=O)(=O)c2cccc([N+](=O)[O-])c2)CC1. The van der Waals surface area contributed by atoms with E-state index in [2.05, 4.69) is 0 Å². The second kappa shape index (κ2) is 10.3. The van der Waals surface area contributed by atoms with E-state index < -0.39 is 25.0 Å². The number of nitrogens with zero attached hydrogens (tertiary/aromatic N) is 4. The van der Waals surface area contributed by atoms with E-state index in [9.17, 15) is 26.9 Å². The fraction of sp³-hybridized carbons (Fsp3) is 0.478. The van der Waals surface area contributed by atoms with Crippen LogP contribution >= 0.6 is 0 Å². The molecule has 0 spiro atoms. The summed E-state index contributed by atoms with van der Waals surface area (Å²) in [6.07, 6.45) is 1.83. The molecule has 1 atom stereocenters. The van der Waals surface area contributed by atoms with E-state index in [-0.39, 0.29) is 28.6 Å². The van der Waals surface area contributed by atoms with Gasteiger partial charge >= 0.3 is 0 Å². The van der Waals surface area contributed by atoms with Crippen LogP contribution in [0.4, 0.5) is 11.4 Å². The number of benzene rings is 2. The Morgan fingerprint density at radius 2 is 1.58 bits per heavy atom. The fourth-order valence-electron chi connectivity index (χ4n) is 4.67. The van der Waals surface area contributed by atoms with Gasteiger partial charge in [0, 0.05) is 51.4 Å². The monoisotopic (exact) mass is 538 g/mol. The first-order valence-corrected chi connectivity index (χ1v) is 14.6. The van der Waals surface area contributed by atoms with E-state index in [0.29, 0.717) is 43.5 Å². The Bertz CT molecular complexity index is 1340. The lowest BCUT2D eigenvalue weighted by molar-refractivity contribution is -0.385. The molecule has 0 bridgehead atoms. The van der Waals surface area contributed by atoms with E-state index in [0.717, 1.165) is 18.9 Å². The zero-order valence-corrected chi connectivity index (χ0v) is 21.9. The Hall–Kier alpha value is -2.74. The number of hydrogen-bond acceptors (Lipinski definition) is 8. The molecule has 11 nitrogen and oxygen atoms in total. The van der Waals surface area contributed by atoms with Crippen molar-refractivity contribution in [3.63, 3.8) is 0 Å². The summed E-state index contributed by atoms with van der Waals surface area (Å²) in [6, 6.07) is 9.75. The number of sulfonamides is 2. The van der Waals surface area contributed by atoms with Crippen LogP contribution in [0.2, 0.25) is 0 Å². The third kappa shape index (κ3) is 5.19. The van der Waals surface area contributed by atoms with Crippen LogP contribution in [-0.4, -0.2) is 76.7 Å². The Balaban J connectivity index is 1.54. The van der Waals surface area contributed by atoms with Crippen LogP contribution in [0.15, 0.2) is 52.3 Å². The highest BCUT2D eigenvalue weighted by Crippen LogP contribution is 2.34. The Kier molecular flexibility index (Phi) is 7.55. The van der Waals surface area contributed by atoms with Crippen molar-refractivity contribution in [3.05, 3.63) is 52.6 Å². The van der Waals surface area contributed by atoms with Gasteiger partial charge in [-0.15, -0.1) is 0 Å². The summed E-state index contributed by atoms with van der Waals surface area (Å²) >= 11 is 0. The summed E-state index contributed by atoms with van der Waals surface area (Å²) in [7, 11) is -6.09. The summed E-state index contributed by atoms with van der Waals surface area (Å²) < 4.78 is 61.1. The molecule has 13 heteroatoms. The highest BCUT2D eigenvalue weighted by molar-refractivity contribution is 7.89. The van der Waals surface area contributed by atoms with Gasteiger partial charge in [-0.2, -0.15) is 8.61 Å². The average Bonchev–Trinajstić information content (AvgIpc) is 2.88. The van der Waals surface area contributed by atoms with Gasteiger partial charge in [0.2, 0.25) is 20.0 Å². The molecule has 0 aliphatic carbocycles. The molecule has 2 fully saturated rings. The maximum atomic E-state index is 13.3. The second-order valence-corrected chi connectivity index (χ2v) is 13.0. The highest BCUT2D eigenvalue weighted by Gasteiger charge is 2.32. The summed E-state index contributed by atoms with van der Waals surface area (Å²) in [4.78, 5) is 12.4. The number of methoxy groups -OCH3 is 1. The molecule has 2 aliphatic rings. The summed E-state index contributed by atoms with van der Waals surface area (Å²) in [5.41, 5.74) is 0.289. The van der Waals surface area contributed by atoms with Crippen molar-refractivity contribution in [2.45, 2.75) is 29.6 Å². The number of piperidine rings is 1. The number of nitro groups is 1. The van der Waals surface area contributed by atoms with E-state index in [1.54, 1.807) is 18.2 Å². The molecule has 0 aromatic heterocycles. The van der Waals surface area contributed by atoms with Crippen LogP contribution < -0.4 is 9.64 Å². The normalized spacial score (nSPS) is 20.3. The molecule has 2 aromatic carbocycles. The molecule has 2 aliphatic heterocycles. The van der Waals surface area contributed by atoms with Crippen molar-refractivity contribution in [3.8, 4) is 5.75 Å². The minimum atomic E-state index is -3.92. The van der Waals surface area contributed by atoms with Crippen molar-refractivity contribution in [1.29, 1.82) is 0 Å². The van der Waals surface area contributed by atoms with Crippen molar-refractivity contribution in [2.24, 2.45) is 5.92 Å². The number of piperazine rings is 1. The molecular formula is C23H30N4O7S2. The summed E-state index contributed by atoms with van der Waals surface area (Å²) in [5, 5.41) is 11.1. The van der Waals surface area contributed by atoms with E-state index in [1.807, 2.05) is 11.8 Å². The molecule has 0 saturated carbocycles. The van der Waals surface area contributed by atoms with Gasteiger partial charge < -0.3 is 9.64 Å². The van der Waals surface area contributed by atoms with E-state index in [4.69, 9.17) is 4.74 Å². The first-order chi connectivity index (χ1) is 17.0. The Labute approximate surface area is 211 Å². The van der Waals surface area contributed by atoms with Crippen molar-refractivity contribution in [1.82, 2.24) is 8.61 Å². The molecular weight excluding hydrogens is 508 g/mol. The minimum absolute atomic E-state index is 0.133. The number of nitro benzene ring substituents is 1. The number of hydrogen-bond donors (Lipinski definition) is 0. The lowest BCUT2D eigenvalue weighted by Crippen LogP contribution is -2.48. The molecule has 196 valence electrons. The number of rotatable bonds is 7. The van der Waals surface area contributed by atoms with Gasteiger partial charge in [-0.05, 0) is 43.0 Å². The number of anilines is 1. The second-order valence-electron chi connectivity index (χ2n) is 9.09. The number of non-ortho nitro benzene ring substituents is 1. The van der Waals surface area contributed by atoms with Crippen LogP contribution in [0, 0.1) is 16.0 Å². The topological polar surface area (TPSA) is 130 Å². The summed E-state index contributed by atoms with van der Waals surface area (Å²) in [6.45, 7) is 3.88. The van der Waals surface area contributed by atoms with Crippen molar-refractivity contribution >= 4 is 31.4 Å².